The maximum atomic E-state index is 13.2. The number of carbonyl (C=O) groups is 2. The summed E-state index contributed by atoms with van der Waals surface area (Å²) in [6, 6.07) is 6.28. The van der Waals surface area contributed by atoms with Crippen molar-refractivity contribution in [1.82, 2.24) is 15.5 Å². The van der Waals surface area contributed by atoms with Crippen molar-refractivity contribution >= 4 is 12.0 Å². The molecule has 3 rings (SSSR count). The van der Waals surface area contributed by atoms with Crippen LogP contribution in [-0.2, 0) is 4.79 Å². The maximum Gasteiger partial charge on any atom is 0.404 e. The first-order valence-corrected chi connectivity index (χ1v) is 8.66. The third kappa shape index (κ3) is 3.61. The molecular weight excluding hydrogens is 325 g/mol. The minimum Gasteiger partial charge on any atom is -0.465 e. The fourth-order valence-corrected chi connectivity index (χ4v) is 4.21. The third-order valence-electron chi connectivity index (χ3n) is 5.51. The topological polar surface area (TPSA) is 81.7 Å². The van der Waals surface area contributed by atoms with Gasteiger partial charge in [0.1, 0.15) is 5.82 Å². The summed E-state index contributed by atoms with van der Waals surface area (Å²) in [6.45, 7) is 4.54. The largest absolute Gasteiger partial charge is 0.465 e. The second-order valence-corrected chi connectivity index (χ2v) is 7.12. The maximum absolute atomic E-state index is 13.2. The van der Waals surface area contributed by atoms with Crippen molar-refractivity contribution in [2.75, 3.05) is 26.2 Å². The van der Waals surface area contributed by atoms with Crippen molar-refractivity contribution in [2.45, 2.75) is 31.7 Å². The van der Waals surface area contributed by atoms with Gasteiger partial charge in [-0.05, 0) is 50.6 Å². The average molecular weight is 349 g/mol. The van der Waals surface area contributed by atoms with Crippen molar-refractivity contribution in [2.24, 2.45) is 5.41 Å². The smallest absolute Gasteiger partial charge is 0.404 e. The number of nitrogens with one attached hydrogen (secondary N) is 2. The van der Waals surface area contributed by atoms with Crippen LogP contribution in [0, 0.1) is 11.2 Å². The van der Waals surface area contributed by atoms with E-state index in [-0.39, 0.29) is 23.7 Å². The van der Waals surface area contributed by atoms with Gasteiger partial charge >= 0.3 is 6.09 Å². The lowest BCUT2D eigenvalue weighted by Crippen LogP contribution is -2.49. The van der Waals surface area contributed by atoms with E-state index >= 15 is 0 Å². The highest BCUT2D eigenvalue weighted by molar-refractivity contribution is 5.86. The number of rotatable bonds is 4. The lowest BCUT2D eigenvalue weighted by molar-refractivity contribution is -0.130. The Morgan fingerprint density at radius 2 is 2.04 bits per heavy atom. The van der Waals surface area contributed by atoms with Crippen molar-refractivity contribution in [3.05, 3.63) is 35.6 Å². The molecule has 2 heterocycles. The summed E-state index contributed by atoms with van der Waals surface area (Å²) < 4.78 is 13.2. The minimum absolute atomic E-state index is 0.0531. The number of hydrogen-bond acceptors (Lipinski definition) is 3. The minimum atomic E-state index is -1.02. The van der Waals surface area contributed by atoms with E-state index in [4.69, 9.17) is 5.11 Å². The number of benzene rings is 1. The summed E-state index contributed by atoms with van der Waals surface area (Å²) in [4.78, 5) is 25.5. The average Bonchev–Trinajstić information content (AvgIpc) is 2.87. The molecule has 0 bridgehead atoms. The molecule has 7 heteroatoms. The zero-order valence-electron chi connectivity index (χ0n) is 14.3. The number of carboxylic acid groups (broad SMARTS) is 1. The molecule has 0 saturated carbocycles. The van der Waals surface area contributed by atoms with Gasteiger partial charge < -0.3 is 20.6 Å². The van der Waals surface area contributed by atoms with Gasteiger partial charge in [-0.25, -0.2) is 9.18 Å². The van der Waals surface area contributed by atoms with Gasteiger partial charge in [-0.3, -0.25) is 4.79 Å². The molecule has 2 fully saturated rings. The number of carbonyl (C=O) groups excluding carboxylic acids is 1. The fraction of sp³-hybridized carbons (Fsp3) is 0.556. The van der Waals surface area contributed by atoms with E-state index in [1.165, 1.54) is 12.1 Å². The second kappa shape index (κ2) is 7.00. The summed E-state index contributed by atoms with van der Waals surface area (Å²) in [7, 11) is 0. The molecule has 0 aliphatic carbocycles. The molecule has 2 amide bonds. The Morgan fingerprint density at radius 3 is 2.64 bits per heavy atom. The molecule has 25 heavy (non-hydrogen) atoms. The highest BCUT2D eigenvalue weighted by Crippen LogP contribution is 2.47. The van der Waals surface area contributed by atoms with E-state index in [9.17, 15) is 14.0 Å². The van der Waals surface area contributed by atoms with Crippen LogP contribution in [0.3, 0.4) is 0 Å². The lowest BCUT2D eigenvalue weighted by Gasteiger charge is -2.41. The molecule has 2 atom stereocenters. The number of halogens is 1. The Kier molecular flexibility index (Phi) is 4.94. The van der Waals surface area contributed by atoms with E-state index in [0.717, 1.165) is 31.5 Å². The van der Waals surface area contributed by atoms with Crippen LogP contribution in [0.5, 0.6) is 0 Å². The molecule has 0 aromatic heterocycles. The molecule has 0 unspecified atom stereocenters. The Labute approximate surface area is 146 Å². The predicted octanol–water partition coefficient (Wildman–Crippen LogP) is 1.78. The van der Waals surface area contributed by atoms with E-state index in [0.29, 0.717) is 13.1 Å². The summed E-state index contributed by atoms with van der Waals surface area (Å²) in [5, 5.41) is 14.2. The quantitative estimate of drug-likeness (QED) is 0.774. The Bertz CT molecular complexity index is 641. The van der Waals surface area contributed by atoms with Crippen LogP contribution in [0.2, 0.25) is 0 Å². The van der Waals surface area contributed by atoms with Gasteiger partial charge in [0.05, 0.1) is 5.41 Å². The van der Waals surface area contributed by atoms with Gasteiger partial charge in [0.15, 0.2) is 0 Å². The number of amides is 2. The summed E-state index contributed by atoms with van der Waals surface area (Å²) in [6.07, 6.45) is 0.425. The molecule has 136 valence electrons. The van der Waals surface area contributed by atoms with Crippen LogP contribution in [0.1, 0.15) is 31.2 Å². The molecule has 2 aliphatic heterocycles. The number of nitrogens with zero attached hydrogens (tertiary/aromatic N) is 1. The zero-order chi connectivity index (χ0) is 18.0. The van der Waals surface area contributed by atoms with E-state index < -0.39 is 11.5 Å². The van der Waals surface area contributed by atoms with Gasteiger partial charge in [-0.15, -0.1) is 0 Å². The van der Waals surface area contributed by atoms with E-state index in [1.807, 2.05) is 6.92 Å². The lowest BCUT2D eigenvalue weighted by atomic mass is 9.68. The fourth-order valence-electron chi connectivity index (χ4n) is 4.21. The monoisotopic (exact) mass is 349 g/mol. The van der Waals surface area contributed by atoms with Crippen LogP contribution in [-0.4, -0.2) is 54.2 Å². The van der Waals surface area contributed by atoms with Crippen LogP contribution < -0.4 is 10.6 Å². The van der Waals surface area contributed by atoms with Gasteiger partial charge in [0, 0.05) is 25.0 Å². The molecule has 3 N–H and O–H groups in total. The van der Waals surface area contributed by atoms with Gasteiger partial charge in [-0.2, -0.15) is 0 Å². The Morgan fingerprint density at radius 1 is 1.40 bits per heavy atom. The SMILES string of the molecule is C[C@@H](CN1CCC2(CC1)C(=O)NC[C@@H]2c1ccc(F)cc1)NC(=O)O. The van der Waals surface area contributed by atoms with Crippen LogP contribution in [0.15, 0.2) is 24.3 Å². The summed E-state index contributed by atoms with van der Waals surface area (Å²) in [5.41, 5.74) is 0.548. The van der Waals surface area contributed by atoms with Crippen LogP contribution >= 0.6 is 0 Å². The summed E-state index contributed by atoms with van der Waals surface area (Å²) >= 11 is 0. The third-order valence-corrected chi connectivity index (χ3v) is 5.51. The highest BCUT2D eigenvalue weighted by Gasteiger charge is 2.51. The Balaban J connectivity index is 1.68. The molecule has 2 saturated heterocycles. The molecule has 1 spiro atoms. The first-order chi connectivity index (χ1) is 11.9. The van der Waals surface area contributed by atoms with E-state index in [2.05, 4.69) is 15.5 Å². The van der Waals surface area contributed by atoms with Crippen molar-refractivity contribution in [1.29, 1.82) is 0 Å². The number of piperidine rings is 1. The molecule has 0 radical (unpaired) electrons. The number of hydrogen-bond donors (Lipinski definition) is 3. The van der Waals surface area contributed by atoms with Crippen molar-refractivity contribution < 1.29 is 19.1 Å². The predicted molar refractivity (Wildman–Crippen MR) is 90.9 cm³/mol. The zero-order valence-corrected chi connectivity index (χ0v) is 14.3. The number of likely N-dealkylation sites (tertiary alicyclic amines) is 1. The van der Waals surface area contributed by atoms with Gasteiger partial charge in [0.25, 0.3) is 0 Å². The molecular formula is C18H24FN3O3. The second-order valence-electron chi connectivity index (χ2n) is 7.12. The van der Waals surface area contributed by atoms with Gasteiger partial charge in [-0.1, -0.05) is 12.1 Å². The van der Waals surface area contributed by atoms with Crippen molar-refractivity contribution in [3.63, 3.8) is 0 Å². The first kappa shape index (κ1) is 17.7. The molecule has 6 nitrogen and oxygen atoms in total. The molecule has 1 aromatic carbocycles. The van der Waals surface area contributed by atoms with Crippen molar-refractivity contribution in [3.8, 4) is 0 Å². The Hall–Kier alpha value is -2.15. The highest BCUT2D eigenvalue weighted by atomic mass is 19.1. The van der Waals surface area contributed by atoms with Gasteiger partial charge in [0.2, 0.25) is 5.91 Å². The van der Waals surface area contributed by atoms with Crippen LogP contribution in [0.25, 0.3) is 0 Å². The summed E-state index contributed by atoms with van der Waals surface area (Å²) in [5.74, 6) is -0.139. The van der Waals surface area contributed by atoms with Crippen LogP contribution in [0.4, 0.5) is 9.18 Å². The first-order valence-electron chi connectivity index (χ1n) is 8.66. The normalized spacial score (nSPS) is 24.1. The molecule has 1 aromatic rings. The van der Waals surface area contributed by atoms with E-state index in [1.54, 1.807) is 12.1 Å². The molecule has 2 aliphatic rings. The standard InChI is InChI=1S/C18H24FN3O3/c1-12(21-17(24)25)11-22-8-6-18(7-9-22)15(10-20-16(18)23)13-2-4-14(19)5-3-13/h2-5,12,15,21H,6-11H2,1H3,(H,20,23)(H,24,25)/t12-,15+/m0/s1.